The first kappa shape index (κ1) is 19.6. The van der Waals surface area contributed by atoms with E-state index in [0.29, 0.717) is 11.3 Å². The molecule has 1 aliphatic carbocycles. The fraction of sp³-hybridized carbons (Fsp3) is 0.364. The highest BCUT2D eigenvalue weighted by Crippen LogP contribution is 2.43. The SMILES string of the molecule is COc1cccc2c1C(=O)c1ccc([C@H]3C[C@@H](O)[C@H](O)[C@@H](C)O3)c(OC)c1C2=O. The molecule has 7 heteroatoms. The van der Waals surface area contributed by atoms with Gasteiger partial charge in [0.05, 0.1) is 43.7 Å². The number of hydrogen-bond donors (Lipinski definition) is 2. The highest BCUT2D eigenvalue weighted by molar-refractivity contribution is 6.30. The first-order valence-electron chi connectivity index (χ1n) is 9.37. The average molecular weight is 398 g/mol. The van der Waals surface area contributed by atoms with E-state index in [1.54, 1.807) is 37.3 Å². The molecule has 4 rings (SSSR count). The Bertz CT molecular complexity index is 985. The van der Waals surface area contributed by atoms with E-state index in [0.717, 1.165) is 0 Å². The lowest BCUT2D eigenvalue weighted by atomic mass is 9.81. The average Bonchev–Trinajstić information content (AvgIpc) is 2.73. The summed E-state index contributed by atoms with van der Waals surface area (Å²) in [5.41, 5.74) is 1.45. The lowest BCUT2D eigenvalue weighted by Crippen LogP contribution is -2.44. The third-order valence-corrected chi connectivity index (χ3v) is 5.64. The van der Waals surface area contributed by atoms with E-state index in [2.05, 4.69) is 0 Å². The molecule has 0 saturated carbocycles. The van der Waals surface area contributed by atoms with Gasteiger partial charge in [0.2, 0.25) is 0 Å². The Labute approximate surface area is 167 Å². The second-order valence-corrected chi connectivity index (χ2v) is 7.28. The number of methoxy groups -OCH3 is 2. The summed E-state index contributed by atoms with van der Waals surface area (Å²) >= 11 is 0. The van der Waals surface area contributed by atoms with Gasteiger partial charge in [-0.2, -0.15) is 0 Å². The van der Waals surface area contributed by atoms with Crippen molar-refractivity contribution in [3.05, 3.63) is 58.1 Å². The van der Waals surface area contributed by atoms with E-state index in [-0.39, 0.29) is 46.0 Å². The van der Waals surface area contributed by atoms with Crippen LogP contribution >= 0.6 is 0 Å². The number of ketones is 2. The summed E-state index contributed by atoms with van der Waals surface area (Å²) in [6.45, 7) is 1.67. The fourth-order valence-electron chi connectivity index (χ4n) is 4.15. The van der Waals surface area contributed by atoms with Crippen LogP contribution in [-0.2, 0) is 4.74 Å². The number of fused-ring (bicyclic) bond motifs is 2. The summed E-state index contributed by atoms with van der Waals surface area (Å²) in [7, 11) is 2.88. The summed E-state index contributed by atoms with van der Waals surface area (Å²) in [6.07, 6.45) is -2.98. The molecule has 0 unspecified atom stereocenters. The second-order valence-electron chi connectivity index (χ2n) is 7.28. The zero-order valence-electron chi connectivity index (χ0n) is 16.3. The maximum absolute atomic E-state index is 13.3. The number of aliphatic hydroxyl groups is 2. The maximum atomic E-state index is 13.3. The van der Waals surface area contributed by atoms with E-state index in [1.807, 2.05) is 0 Å². The number of benzene rings is 2. The first-order chi connectivity index (χ1) is 13.9. The summed E-state index contributed by atoms with van der Waals surface area (Å²) in [6, 6.07) is 8.14. The lowest BCUT2D eigenvalue weighted by molar-refractivity contribution is -0.163. The van der Waals surface area contributed by atoms with Gasteiger partial charge in [0.15, 0.2) is 11.6 Å². The minimum atomic E-state index is -0.988. The maximum Gasteiger partial charge on any atom is 0.198 e. The first-order valence-corrected chi connectivity index (χ1v) is 9.37. The third kappa shape index (κ3) is 2.93. The van der Waals surface area contributed by atoms with E-state index < -0.39 is 24.4 Å². The number of carbonyl (C=O) groups excluding carboxylic acids is 2. The molecule has 2 N–H and O–H groups in total. The van der Waals surface area contributed by atoms with E-state index in [1.165, 1.54) is 14.2 Å². The molecule has 1 fully saturated rings. The number of carbonyl (C=O) groups is 2. The van der Waals surface area contributed by atoms with Crippen molar-refractivity contribution < 1.29 is 34.0 Å². The van der Waals surface area contributed by atoms with Crippen LogP contribution in [0.2, 0.25) is 0 Å². The smallest absolute Gasteiger partial charge is 0.198 e. The van der Waals surface area contributed by atoms with Gasteiger partial charge in [0.25, 0.3) is 0 Å². The quantitative estimate of drug-likeness (QED) is 0.696. The van der Waals surface area contributed by atoms with Crippen LogP contribution in [0.25, 0.3) is 0 Å². The molecule has 1 saturated heterocycles. The number of rotatable bonds is 3. The van der Waals surface area contributed by atoms with Crippen molar-refractivity contribution in [2.45, 2.75) is 37.8 Å². The summed E-state index contributed by atoms with van der Waals surface area (Å²) in [5.74, 6) is -0.0619. The topological polar surface area (TPSA) is 102 Å². The predicted octanol–water partition coefficient (Wildman–Crippen LogP) is 2.05. The van der Waals surface area contributed by atoms with Gasteiger partial charge in [0.1, 0.15) is 17.6 Å². The molecule has 2 aromatic rings. The van der Waals surface area contributed by atoms with Crippen LogP contribution in [0, 0.1) is 0 Å². The molecule has 0 spiro atoms. The molecular formula is C22H22O7. The van der Waals surface area contributed by atoms with Crippen molar-refractivity contribution in [3.8, 4) is 11.5 Å². The van der Waals surface area contributed by atoms with Crippen LogP contribution < -0.4 is 9.47 Å². The molecule has 0 aromatic heterocycles. The fourth-order valence-corrected chi connectivity index (χ4v) is 4.15. The predicted molar refractivity (Wildman–Crippen MR) is 103 cm³/mol. The number of aliphatic hydroxyl groups excluding tert-OH is 2. The second kappa shape index (κ2) is 7.26. The normalized spacial score (nSPS) is 26.0. The van der Waals surface area contributed by atoms with Crippen LogP contribution in [0.3, 0.4) is 0 Å². The van der Waals surface area contributed by atoms with Crippen molar-refractivity contribution in [1.29, 1.82) is 0 Å². The summed E-state index contributed by atoms with van der Waals surface area (Å²) in [5, 5.41) is 20.1. The van der Waals surface area contributed by atoms with Crippen molar-refractivity contribution >= 4 is 11.6 Å². The van der Waals surface area contributed by atoms with E-state index in [4.69, 9.17) is 14.2 Å². The summed E-state index contributed by atoms with van der Waals surface area (Å²) < 4.78 is 16.7. The molecule has 2 aliphatic rings. The Morgan fingerprint density at radius 3 is 2.31 bits per heavy atom. The van der Waals surface area contributed by atoms with Crippen molar-refractivity contribution in [3.63, 3.8) is 0 Å². The largest absolute Gasteiger partial charge is 0.496 e. The zero-order valence-corrected chi connectivity index (χ0v) is 16.3. The van der Waals surface area contributed by atoms with Crippen molar-refractivity contribution in [2.24, 2.45) is 0 Å². The highest BCUT2D eigenvalue weighted by atomic mass is 16.5. The zero-order chi connectivity index (χ0) is 20.9. The molecule has 0 radical (unpaired) electrons. The lowest BCUT2D eigenvalue weighted by Gasteiger charge is -2.36. The monoisotopic (exact) mass is 398 g/mol. The Kier molecular flexibility index (Phi) is 4.90. The van der Waals surface area contributed by atoms with Crippen LogP contribution in [0.4, 0.5) is 0 Å². The van der Waals surface area contributed by atoms with Crippen molar-refractivity contribution in [1.82, 2.24) is 0 Å². The van der Waals surface area contributed by atoms with Gasteiger partial charge < -0.3 is 24.4 Å². The Balaban J connectivity index is 1.85. The molecule has 0 amide bonds. The molecule has 0 bridgehead atoms. The number of hydrogen-bond acceptors (Lipinski definition) is 7. The minimum absolute atomic E-state index is 0.146. The third-order valence-electron chi connectivity index (χ3n) is 5.64. The Hall–Kier alpha value is -2.74. The Morgan fingerprint density at radius 1 is 0.966 bits per heavy atom. The van der Waals surface area contributed by atoms with E-state index in [9.17, 15) is 19.8 Å². The van der Waals surface area contributed by atoms with Crippen LogP contribution in [0.1, 0.15) is 56.9 Å². The molecule has 29 heavy (non-hydrogen) atoms. The van der Waals surface area contributed by atoms with Crippen molar-refractivity contribution in [2.75, 3.05) is 14.2 Å². The standard InChI is InChI=1S/C22H22O7/c1-10-19(24)14(23)9-16(29-10)11-7-8-13-18(22(11)28-3)21(26)12-5-4-6-15(27-2)17(12)20(13)25/h4-8,10,14,16,19,23-24H,9H2,1-3H3/t10-,14-,16-,19-/m1/s1. The van der Waals surface area contributed by atoms with Gasteiger partial charge in [-0.1, -0.05) is 18.2 Å². The minimum Gasteiger partial charge on any atom is -0.496 e. The molecular weight excluding hydrogens is 376 g/mol. The molecule has 152 valence electrons. The Morgan fingerprint density at radius 2 is 1.66 bits per heavy atom. The highest BCUT2D eigenvalue weighted by Gasteiger charge is 2.40. The molecule has 4 atom stereocenters. The van der Waals surface area contributed by atoms with Crippen LogP contribution in [-0.4, -0.2) is 54.3 Å². The van der Waals surface area contributed by atoms with Gasteiger partial charge in [-0.3, -0.25) is 9.59 Å². The van der Waals surface area contributed by atoms with E-state index >= 15 is 0 Å². The van der Waals surface area contributed by atoms with Gasteiger partial charge >= 0.3 is 0 Å². The number of ether oxygens (including phenoxy) is 3. The molecule has 1 aliphatic heterocycles. The van der Waals surface area contributed by atoms with Gasteiger partial charge in [0, 0.05) is 23.1 Å². The van der Waals surface area contributed by atoms with Gasteiger partial charge in [-0.05, 0) is 19.1 Å². The summed E-state index contributed by atoms with van der Waals surface area (Å²) in [4.78, 5) is 26.4. The van der Waals surface area contributed by atoms with Gasteiger partial charge in [-0.15, -0.1) is 0 Å². The molecule has 7 nitrogen and oxygen atoms in total. The van der Waals surface area contributed by atoms with Gasteiger partial charge in [-0.25, -0.2) is 0 Å². The molecule has 1 heterocycles. The molecule has 2 aromatic carbocycles. The van der Waals surface area contributed by atoms with Crippen LogP contribution in [0.15, 0.2) is 30.3 Å². The van der Waals surface area contributed by atoms with Crippen LogP contribution in [0.5, 0.6) is 11.5 Å².